The Hall–Kier alpha value is -6.98. The van der Waals surface area contributed by atoms with Crippen LogP contribution in [0.4, 0.5) is 11.9 Å². The molecule has 2 aliphatic rings. The van der Waals surface area contributed by atoms with E-state index in [1.165, 1.54) is 0 Å². The summed E-state index contributed by atoms with van der Waals surface area (Å²) in [6, 6.07) is 15.8. The van der Waals surface area contributed by atoms with Gasteiger partial charge in [-0.05, 0) is 83.4 Å². The van der Waals surface area contributed by atoms with Gasteiger partial charge in [-0.25, -0.2) is 9.36 Å². The van der Waals surface area contributed by atoms with Crippen molar-refractivity contribution in [3.63, 3.8) is 0 Å². The summed E-state index contributed by atoms with van der Waals surface area (Å²) in [6.07, 6.45) is 3.03. The van der Waals surface area contributed by atoms with Gasteiger partial charge in [-0.1, -0.05) is 110 Å². The summed E-state index contributed by atoms with van der Waals surface area (Å²) in [5.74, 6) is 10.9. The van der Waals surface area contributed by atoms with Gasteiger partial charge in [0.1, 0.15) is 25.3 Å². The Morgan fingerprint density at radius 3 is 1.42 bits per heavy atom. The van der Waals surface area contributed by atoms with E-state index in [0.29, 0.717) is 51.2 Å². The molecule has 8 N–H and O–H groups in total. The predicted octanol–water partition coefficient (Wildman–Crippen LogP) is 1.32. The lowest BCUT2D eigenvalue weighted by molar-refractivity contribution is -0.142. The Bertz CT molecular complexity index is 2350. The molecule has 6 rings (SSSR count). The number of ether oxygens (including phenoxy) is 2. The van der Waals surface area contributed by atoms with Crippen LogP contribution in [0.5, 0.6) is 0 Å². The van der Waals surface area contributed by atoms with Crippen molar-refractivity contribution in [2.75, 3.05) is 50.2 Å². The molecule has 6 atom stereocenters. The van der Waals surface area contributed by atoms with Gasteiger partial charge in [0.25, 0.3) is 0 Å². The molecule has 0 bridgehead atoms. The molecule has 2 fully saturated rings. The fraction of sp³-hybridized carbons (Fsp3) is 0.560. The van der Waals surface area contributed by atoms with Crippen molar-refractivity contribution < 1.29 is 28.7 Å². The standard InChI is InChI=1S/C50H70N16O6/c1-35(51)43(67)55-41(45(69)63-25-17-23-39(63)31-65-47(57-59-61-65)53-29-37-19-11-9-12-20-37)49(3,4)33-71-27-15-7-8-16-28-72-34-50(5,6)42(56-44(68)36(2)52)46(70)64-26-18-24-40(64)32-66-48(58-60-62-66)54-30-38-21-13-10-14-22-38/h9-14,19-22,35-36,39-42H,17-18,23-34,51-52H2,1-6H3,(H,55,67)(H,56,68)(H,53,57,61)(H,54,58,62)/t35?,36?,39-,40-,41+,42+/m0/s1. The lowest BCUT2D eigenvalue weighted by Crippen LogP contribution is -2.59. The Morgan fingerprint density at radius 2 is 1.04 bits per heavy atom. The molecule has 2 unspecified atom stereocenters. The van der Waals surface area contributed by atoms with Crippen LogP contribution in [0, 0.1) is 34.5 Å². The zero-order valence-electron chi connectivity index (χ0n) is 42.2. The lowest BCUT2D eigenvalue weighted by Gasteiger charge is -2.38. The monoisotopic (exact) mass is 991 g/mol. The SMILES string of the molecule is CC(N)C(=O)N[C@H](C(=O)N1CCC[C@H]1Cn1nnnc1NCc1ccccc1)C(C)(C)COCC#CC#CCOCC(C)(C)[C@H](NC(=O)C(C)N)C(=O)N1CCC[C@H]1Cn1nnnc1NCc1ccccc1. The number of hydrogen-bond donors (Lipinski definition) is 6. The van der Waals surface area contributed by atoms with Gasteiger partial charge in [0, 0.05) is 37.0 Å². The zero-order valence-corrected chi connectivity index (χ0v) is 42.2. The van der Waals surface area contributed by atoms with Gasteiger partial charge in [-0.2, -0.15) is 0 Å². The number of tetrazole rings is 2. The average Bonchev–Trinajstić information content (AvgIpc) is 4.21. The Balaban J connectivity index is 0.997. The molecular weight excluding hydrogens is 921 g/mol. The quantitative estimate of drug-likeness (QED) is 0.0427. The van der Waals surface area contributed by atoms with Crippen molar-refractivity contribution in [2.45, 2.75) is 130 Å². The number of aromatic nitrogens is 8. The summed E-state index contributed by atoms with van der Waals surface area (Å²) in [5, 5.41) is 36.8. The molecule has 386 valence electrons. The minimum atomic E-state index is -0.952. The van der Waals surface area contributed by atoms with Crippen LogP contribution in [0.15, 0.2) is 60.7 Å². The minimum absolute atomic E-state index is 0.0119. The number of rotatable bonds is 24. The number of nitrogens with zero attached hydrogens (tertiary/aromatic N) is 10. The molecule has 2 saturated heterocycles. The largest absolute Gasteiger partial charge is 0.368 e. The zero-order chi connectivity index (χ0) is 51.7. The highest BCUT2D eigenvalue weighted by molar-refractivity contribution is 5.91. The molecule has 72 heavy (non-hydrogen) atoms. The number of likely N-dealkylation sites (tertiary alicyclic amines) is 2. The summed E-state index contributed by atoms with van der Waals surface area (Å²) in [6.45, 7) is 13.5. The van der Waals surface area contributed by atoms with Crippen LogP contribution in [0.25, 0.3) is 0 Å². The van der Waals surface area contributed by atoms with Gasteiger partial charge in [-0.3, -0.25) is 19.2 Å². The average molecular weight is 991 g/mol. The fourth-order valence-corrected chi connectivity index (χ4v) is 8.61. The van der Waals surface area contributed by atoms with E-state index in [9.17, 15) is 19.2 Å². The third-order valence-electron chi connectivity index (χ3n) is 12.7. The number of amides is 4. The maximum absolute atomic E-state index is 14.4. The smallest absolute Gasteiger partial charge is 0.246 e. The van der Waals surface area contributed by atoms with E-state index in [4.69, 9.17) is 20.9 Å². The molecule has 0 saturated carbocycles. The summed E-state index contributed by atoms with van der Waals surface area (Å²) in [7, 11) is 0. The van der Waals surface area contributed by atoms with Crippen LogP contribution in [0.1, 0.15) is 78.4 Å². The van der Waals surface area contributed by atoms with Gasteiger partial charge < -0.3 is 52.0 Å². The van der Waals surface area contributed by atoms with Crippen LogP contribution in [-0.4, -0.2) is 150 Å². The fourth-order valence-electron chi connectivity index (χ4n) is 8.61. The molecular formula is C50H70N16O6. The molecule has 22 nitrogen and oxygen atoms in total. The van der Waals surface area contributed by atoms with Crippen molar-refractivity contribution in [2.24, 2.45) is 22.3 Å². The first-order valence-corrected chi connectivity index (χ1v) is 24.5. The van der Waals surface area contributed by atoms with Gasteiger partial charge >= 0.3 is 0 Å². The topological polar surface area (TPSA) is 281 Å². The number of carbonyl (C=O) groups is 4. The highest BCUT2D eigenvalue weighted by Gasteiger charge is 2.44. The number of anilines is 2. The van der Waals surface area contributed by atoms with Crippen molar-refractivity contribution in [3.05, 3.63) is 71.8 Å². The molecule has 0 spiro atoms. The number of hydrogen-bond acceptors (Lipinski definition) is 16. The van der Waals surface area contributed by atoms with Crippen molar-refractivity contribution in [1.29, 1.82) is 0 Å². The van der Waals surface area contributed by atoms with Crippen molar-refractivity contribution in [3.8, 4) is 23.7 Å². The van der Waals surface area contributed by atoms with E-state index in [-0.39, 0.29) is 50.3 Å². The summed E-state index contributed by atoms with van der Waals surface area (Å²) >= 11 is 0. The van der Waals surface area contributed by atoms with Crippen LogP contribution < -0.4 is 32.7 Å². The van der Waals surface area contributed by atoms with Crippen LogP contribution in [-0.2, 0) is 54.8 Å². The lowest BCUT2D eigenvalue weighted by atomic mass is 9.83. The third-order valence-corrected chi connectivity index (χ3v) is 12.7. The van der Waals surface area contributed by atoms with E-state index >= 15 is 0 Å². The molecule has 2 aromatic heterocycles. The first-order valence-electron chi connectivity index (χ1n) is 24.5. The summed E-state index contributed by atoms with van der Waals surface area (Å²) in [4.78, 5) is 58.3. The Labute approximate surface area is 421 Å². The predicted molar refractivity (Wildman–Crippen MR) is 269 cm³/mol. The number of nitrogens with one attached hydrogen (secondary N) is 4. The second kappa shape index (κ2) is 25.9. The number of nitrogens with two attached hydrogens (primary N) is 2. The maximum Gasteiger partial charge on any atom is 0.246 e. The normalized spacial score (nSPS) is 17.4. The highest BCUT2D eigenvalue weighted by Crippen LogP contribution is 2.30. The highest BCUT2D eigenvalue weighted by atomic mass is 16.5. The van der Waals surface area contributed by atoms with E-state index in [1.807, 2.05) is 88.4 Å². The number of benzene rings is 2. The third kappa shape index (κ3) is 15.3. The van der Waals surface area contributed by atoms with E-state index in [1.54, 1.807) is 33.0 Å². The van der Waals surface area contributed by atoms with Gasteiger partial charge in [0.05, 0.1) is 50.5 Å². The minimum Gasteiger partial charge on any atom is -0.368 e. The van der Waals surface area contributed by atoms with Gasteiger partial charge in [0.2, 0.25) is 35.5 Å². The van der Waals surface area contributed by atoms with Crippen molar-refractivity contribution >= 4 is 35.5 Å². The van der Waals surface area contributed by atoms with Crippen molar-refractivity contribution in [1.82, 2.24) is 60.8 Å². The molecule has 2 aliphatic heterocycles. The summed E-state index contributed by atoms with van der Waals surface area (Å²) < 4.78 is 15.2. The Kier molecular flexibility index (Phi) is 19.6. The first-order chi connectivity index (χ1) is 34.5. The first kappa shape index (κ1) is 54.4. The van der Waals surface area contributed by atoms with Gasteiger partial charge in [-0.15, -0.1) is 0 Å². The Morgan fingerprint density at radius 1 is 0.653 bits per heavy atom. The van der Waals surface area contributed by atoms with Crippen LogP contribution in [0.2, 0.25) is 0 Å². The summed E-state index contributed by atoms with van der Waals surface area (Å²) in [5.41, 5.74) is 12.3. The number of carbonyl (C=O) groups excluding carboxylic acids is 4. The molecule has 0 radical (unpaired) electrons. The molecule has 4 heterocycles. The molecule has 4 aromatic rings. The molecule has 4 amide bonds. The molecule has 22 heteroatoms. The molecule has 0 aliphatic carbocycles. The van der Waals surface area contributed by atoms with E-state index < -0.39 is 46.8 Å². The second-order valence-corrected chi connectivity index (χ2v) is 19.7. The van der Waals surface area contributed by atoms with E-state index in [0.717, 1.165) is 36.8 Å². The van der Waals surface area contributed by atoms with Gasteiger partial charge in [0.15, 0.2) is 0 Å². The van der Waals surface area contributed by atoms with E-state index in [2.05, 4.69) is 76.0 Å². The van der Waals surface area contributed by atoms with Crippen LogP contribution in [0.3, 0.4) is 0 Å². The maximum atomic E-state index is 14.4. The van der Waals surface area contributed by atoms with Crippen LogP contribution >= 0.6 is 0 Å². The molecule has 2 aromatic carbocycles. The second-order valence-electron chi connectivity index (χ2n) is 19.7.